The maximum atomic E-state index is 12.9. The number of amides is 2. The van der Waals surface area contributed by atoms with Gasteiger partial charge in [0.1, 0.15) is 5.00 Å². The SMILES string of the molecule is CC1CCc2c(sc(NC(=S)NC(=O)CC34CC5CC(CC(C5)C3)C4)c2C(N)=O)C1. The van der Waals surface area contributed by atoms with E-state index < -0.39 is 5.91 Å². The maximum absolute atomic E-state index is 12.9. The topological polar surface area (TPSA) is 84.2 Å². The number of anilines is 1. The van der Waals surface area contributed by atoms with E-state index in [1.807, 2.05) is 0 Å². The average Bonchev–Trinajstić information content (AvgIpc) is 2.96. The molecule has 1 unspecified atom stereocenters. The molecule has 0 saturated heterocycles. The summed E-state index contributed by atoms with van der Waals surface area (Å²) in [5.41, 5.74) is 7.49. The summed E-state index contributed by atoms with van der Waals surface area (Å²) in [6.07, 6.45) is 11.2. The number of primary amides is 1. The van der Waals surface area contributed by atoms with E-state index in [2.05, 4.69) is 17.6 Å². The van der Waals surface area contributed by atoms with Crippen LogP contribution in [-0.4, -0.2) is 16.9 Å². The molecule has 0 aliphatic heterocycles. The number of thiophene rings is 1. The number of nitrogens with two attached hydrogens (primary N) is 1. The smallest absolute Gasteiger partial charge is 0.251 e. The molecule has 1 atom stereocenters. The van der Waals surface area contributed by atoms with Crippen molar-refractivity contribution < 1.29 is 9.59 Å². The van der Waals surface area contributed by atoms with Gasteiger partial charge < -0.3 is 16.4 Å². The van der Waals surface area contributed by atoms with Crippen molar-refractivity contribution in [1.82, 2.24) is 5.32 Å². The monoisotopic (exact) mass is 445 g/mol. The van der Waals surface area contributed by atoms with E-state index in [-0.39, 0.29) is 16.4 Å². The minimum atomic E-state index is -0.424. The molecule has 5 aliphatic carbocycles. The van der Waals surface area contributed by atoms with Crippen LogP contribution in [0.4, 0.5) is 5.00 Å². The number of thiocarbonyl (C=S) groups is 1. The second kappa shape index (κ2) is 7.59. The van der Waals surface area contributed by atoms with Gasteiger partial charge in [0, 0.05) is 11.3 Å². The first-order valence-electron chi connectivity index (χ1n) is 11.4. The van der Waals surface area contributed by atoms with Crippen LogP contribution in [-0.2, 0) is 17.6 Å². The summed E-state index contributed by atoms with van der Waals surface area (Å²) in [6, 6.07) is 0. The molecular weight excluding hydrogens is 414 g/mol. The average molecular weight is 446 g/mol. The Hall–Kier alpha value is -1.47. The van der Waals surface area contributed by atoms with Crippen molar-refractivity contribution >= 4 is 45.5 Å². The number of nitrogens with one attached hydrogen (secondary N) is 2. The molecule has 162 valence electrons. The van der Waals surface area contributed by atoms with Gasteiger partial charge in [0.2, 0.25) is 5.91 Å². The van der Waals surface area contributed by atoms with Crippen LogP contribution in [0.5, 0.6) is 0 Å². The zero-order valence-electron chi connectivity index (χ0n) is 17.6. The molecule has 0 radical (unpaired) electrons. The molecule has 7 heteroatoms. The van der Waals surface area contributed by atoms with E-state index in [9.17, 15) is 9.59 Å². The Morgan fingerprint density at radius 1 is 1.17 bits per heavy atom. The Labute approximate surface area is 187 Å². The fourth-order valence-corrected chi connectivity index (χ4v) is 8.95. The van der Waals surface area contributed by atoms with E-state index in [0.717, 1.165) is 42.6 Å². The molecule has 1 heterocycles. The van der Waals surface area contributed by atoms with Crippen molar-refractivity contribution in [1.29, 1.82) is 0 Å². The number of hydrogen-bond acceptors (Lipinski definition) is 4. The molecule has 5 nitrogen and oxygen atoms in total. The molecule has 5 aliphatic rings. The minimum absolute atomic E-state index is 0.00465. The van der Waals surface area contributed by atoms with Gasteiger partial charge in [0.15, 0.2) is 5.11 Å². The third-order valence-electron chi connectivity index (χ3n) is 7.94. The maximum Gasteiger partial charge on any atom is 0.251 e. The number of carbonyl (C=O) groups is 2. The highest BCUT2D eigenvalue weighted by Gasteiger charge is 2.51. The van der Waals surface area contributed by atoms with Gasteiger partial charge in [-0.25, -0.2) is 0 Å². The Morgan fingerprint density at radius 3 is 2.40 bits per heavy atom. The second-order valence-corrected chi connectivity index (χ2v) is 12.0. The first-order chi connectivity index (χ1) is 14.3. The van der Waals surface area contributed by atoms with Crippen LogP contribution in [0, 0.1) is 29.1 Å². The standard InChI is InChI=1S/C23H31N3O2S2/c1-12-2-3-16-17(4-12)30-21(19(16)20(24)28)26-22(29)25-18(27)11-23-8-13-5-14(9-23)7-15(6-13)10-23/h12-15H,2-11H2,1H3,(H2,24,28)(H2,25,26,27,29). The molecule has 0 aromatic carbocycles. The molecule has 30 heavy (non-hydrogen) atoms. The number of carbonyl (C=O) groups excluding carboxylic acids is 2. The molecule has 0 spiro atoms. The summed E-state index contributed by atoms with van der Waals surface area (Å²) >= 11 is 7.00. The predicted molar refractivity (Wildman–Crippen MR) is 124 cm³/mol. The number of rotatable bonds is 4. The fourth-order valence-electron chi connectivity index (χ4n) is 7.25. The number of fused-ring (bicyclic) bond motifs is 1. The minimum Gasteiger partial charge on any atom is -0.365 e. The highest BCUT2D eigenvalue weighted by molar-refractivity contribution is 7.80. The molecule has 2 amide bonds. The zero-order chi connectivity index (χ0) is 21.0. The summed E-state index contributed by atoms with van der Waals surface area (Å²) in [4.78, 5) is 26.2. The van der Waals surface area contributed by atoms with Crippen LogP contribution in [0.3, 0.4) is 0 Å². The normalized spacial score (nSPS) is 33.8. The van der Waals surface area contributed by atoms with E-state index in [1.54, 1.807) is 11.3 Å². The summed E-state index contributed by atoms with van der Waals surface area (Å²) < 4.78 is 0. The molecule has 4 fully saturated rings. The summed E-state index contributed by atoms with van der Waals surface area (Å²) in [5.74, 6) is 2.67. The van der Waals surface area contributed by atoms with Crippen LogP contribution in [0.25, 0.3) is 0 Å². The molecule has 4 bridgehead atoms. The molecule has 1 aromatic rings. The Balaban J connectivity index is 1.24. The van der Waals surface area contributed by atoms with Crippen LogP contribution < -0.4 is 16.4 Å². The van der Waals surface area contributed by atoms with Crippen molar-refractivity contribution in [3.05, 3.63) is 16.0 Å². The van der Waals surface area contributed by atoms with Gasteiger partial charge in [0.05, 0.1) is 5.56 Å². The van der Waals surface area contributed by atoms with E-state index in [4.69, 9.17) is 18.0 Å². The largest absolute Gasteiger partial charge is 0.365 e. The van der Waals surface area contributed by atoms with Crippen molar-refractivity contribution in [2.45, 2.75) is 71.1 Å². The highest BCUT2D eigenvalue weighted by atomic mass is 32.1. The van der Waals surface area contributed by atoms with Crippen molar-refractivity contribution in [2.75, 3.05) is 5.32 Å². The zero-order valence-corrected chi connectivity index (χ0v) is 19.2. The van der Waals surface area contributed by atoms with Gasteiger partial charge >= 0.3 is 0 Å². The van der Waals surface area contributed by atoms with Crippen molar-refractivity contribution in [3.8, 4) is 0 Å². The summed E-state index contributed by atoms with van der Waals surface area (Å²) in [6.45, 7) is 2.23. The van der Waals surface area contributed by atoms with Crippen LogP contribution in [0.2, 0.25) is 0 Å². The lowest BCUT2D eigenvalue weighted by molar-refractivity contribution is -0.127. The van der Waals surface area contributed by atoms with Gasteiger partial charge in [-0.05, 0) is 105 Å². The van der Waals surface area contributed by atoms with Crippen LogP contribution >= 0.6 is 23.6 Å². The van der Waals surface area contributed by atoms with Gasteiger partial charge in [0.25, 0.3) is 5.91 Å². The number of hydrogen-bond donors (Lipinski definition) is 3. The van der Waals surface area contributed by atoms with Gasteiger partial charge in [-0.15, -0.1) is 11.3 Å². The third-order valence-corrected chi connectivity index (χ3v) is 9.31. The van der Waals surface area contributed by atoms with Crippen molar-refractivity contribution in [2.24, 2.45) is 34.8 Å². The predicted octanol–water partition coefficient (Wildman–Crippen LogP) is 4.39. The molecule has 6 rings (SSSR count). The summed E-state index contributed by atoms with van der Waals surface area (Å²) in [7, 11) is 0. The summed E-state index contributed by atoms with van der Waals surface area (Å²) in [5, 5.41) is 6.97. The van der Waals surface area contributed by atoms with E-state index >= 15 is 0 Å². The quantitative estimate of drug-likeness (QED) is 0.600. The third kappa shape index (κ3) is 3.79. The first-order valence-corrected chi connectivity index (χ1v) is 12.6. The van der Waals surface area contributed by atoms with Crippen LogP contribution in [0.15, 0.2) is 0 Å². The Kier molecular flexibility index (Phi) is 5.17. The van der Waals surface area contributed by atoms with Gasteiger partial charge in [-0.1, -0.05) is 6.92 Å². The van der Waals surface area contributed by atoms with Gasteiger partial charge in [-0.2, -0.15) is 0 Å². The highest BCUT2D eigenvalue weighted by Crippen LogP contribution is 2.61. The Morgan fingerprint density at radius 2 is 1.80 bits per heavy atom. The van der Waals surface area contributed by atoms with Crippen molar-refractivity contribution in [3.63, 3.8) is 0 Å². The molecule has 1 aromatic heterocycles. The molecular formula is C23H31N3O2S2. The lowest BCUT2D eigenvalue weighted by Gasteiger charge is -2.56. The second-order valence-electron chi connectivity index (χ2n) is 10.5. The first kappa shape index (κ1) is 20.4. The fraction of sp³-hybridized carbons (Fsp3) is 0.696. The van der Waals surface area contributed by atoms with E-state index in [1.165, 1.54) is 43.4 Å². The lowest BCUT2D eigenvalue weighted by atomic mass is 9.49. The Bertz CT molecular complexity index is 871. The molecule has 4 saturated carbocycles. The van der Waals surface area contributed by atoms with Gasteiger partial charge in [-0.3, -0.25) is 9.59 Å². The van der Waals surface area contributed by atoms with E-state index in [0.29, 0.717) is 22.9 Å². The molecule has 4 N–H and O–H groups in total. The van der Waals surface area contributed by atoms with Crippen LogP contribution in [0.1, 0.15) is 79.1 Å². The lowest BCUT2D eigenvalue weighted by Crippen LogP contribution is -2.48.